The monoisotopic (exact) mass is 399 g/mol. The van der Waals surface area contributed by atoms with Gasteiger partial charge in [-0.3, -0.25) is 5.32 Å². The van der Waals surface area contributed by atoms with Crippen molar-refractivity contribution in [3.63, 3.8) is 0 Å². The van der Waals surface area contributed by atoms with Crippen molar-refractivity contribution in [1.82, 2.24) is 5.32 Å². The lowest BCUT2D eigenvalue weighted by molar-refractivity contribution is 0.0194. The summed E-state index contributed by atoms with van der Waals surface area (Å²) in [6.07, 6.45) is 7.86. The molecule has 27 heavy (non-hydrogen) atoms. The van der Waals surface area contributed by atoms with E-state index in [-0.39, 0.29) is 5.92 Å². The van der Waals surface area contributed by atoms with Gasteiger partial charge in [-0.05, 0) is 48.8 Å². The first-order valence-electron chi connectivity index (χ1n) is 8.95. The SMILES string of the molecule is CSC(=Nc1ccc(Cl)cc1C(O)(c1ccccc1)C1CCCC1)NC#N. The minimum atomic E-state index is -1.18. The number of nitriles is 1. The van der Waals surface area contributed by atoms with E-state index in [4.69, 9.17) is 16.9 Å². The predicted octanol–water partition coefficient (Wildman–Crippen LogP) is 5.19. The number of halogens is 1. The summed E-state index contributed by atoms with van der Waals surface area (Å²) in [5, 5.41) is 24.6. The molecule has 0 bridgehead atoms. The van der Waals surface area contributed by atoms with Crippen LogP contribution < -0.4 is 5.32 Å². The van der Waals surface area contributed by atoms with Gasteiger partial charge in [0.05, 0.1) is 5.69 Å². The number of aliphatic imine (C=N–C) groups is 1. The van der Waals surface area contributed by atoms with Crippen LogP contribution in [0, 0.1) is 17.4 Å². The van der Waals surface area contributed by atoms with E-state index < -0.39 is 5.60 Å². The normalized spacial score (nSPS) is 17.3. The summed E-state index contributed by atoms with van der Waals surface area (Å²) in [4.78, 5) is 4.60. The average molecular weight is 400 g/mol. The molecule has 0 heterocycles. The molecular weight excluding hydrogens is 378 g/mol. The van der Waals surface area contributed by atoms with Gasteiger partial charge in [-0.25, -0.2) is 4.99 Å². The third-order valence-corrected chi connectivity index (χ3v) is 5.92. The van der Waals surface area contributed by atoms with Gasteiger partial charge in [0.15, 0.2) is 11.4 Å². The molecule has 2 aromatic rings. The van der Waals surface area contributed by atoms with Gasteiger partial charge < -0.3 is 5.11 Å². The highest BCUT2D eigenvalue weighted by molar-refractivity contribution is 8.13. The zero-order chi connectivity index (χ0) is 19.3. The second-order valence-electron chi connectivity index (χ2n) is 6.63. The average Bonchev–Trinajstić information content (AvgIpc) is 3.24. The van der Waals surface area contributed by atoms with Crippen molar-refractivity contribution in [2.75, 3.05) is 6.26 Å². The van der Waals surface area contributed by atoms with Crippen molar-refractivity contribution < 1.29 is 5.11 Å². The smallest absolute Gasteiger partial charge is 0.183 e. The van der Waals surface area contributed by atoms with Gasteiger partial charge in [0.1, 0.15) is 5.60 Å². The number of hydrogen-bond donors (Lipinski definition) is 2. The number of aliphatic hydroxyl groups is 1. The van der Waals surface area contributed by atoms with Crippen LogP contribution in [0.25, 0.3) is 0 Å². The minimum absolute atomic E-state index is 0.0916. The third kappa shape index (κ3) is 4.14. The Hall–Kier alpha value is -2.00. The molecular formula is C21H22ClN3OS. The van der Waals surface area contributed by atoms with E-state index in [0.717, 1.165) is 31.2 Å². The summed E-state index contributed by atoms with van der Waals surface area (Å²) in [5.41, 5.74) is 0.955. The van der Waals surface area contributed by atoms with Crippen LogP contribution in [0.15, 0.2) is 53.5 Å². The Kier molecular flexibility index (Phi) is 6.43. The standard InChI is InChI=1S/C21H22ClN3OS/c1-27-20(24-14-23)25-19-12-11-17(22)13-18(19)21(26,16-9-5-6-10-16)15-7-3-2-4-8-15/h2-4,7-8,11-13,16,26H,5-6,9-10H2,1H3,(H,24,25). The highest BCUT2D eigenvalue weighted by atomic mass is 35.5. The molecule has 3 rings (SSSR count). The molecule has 4 nitrogen and oxygen atoms in total. The lowest BCUT2D eigenvalue weighted by atomic mass is 9.74. The molecule has 6 heteroatoms. The van der Waals surface area contributed by atoms with Crippen LogP contribution in [0.4, 0.5) is 5.69 Å². The van der Waals surface area contributed by atoms with E-state index in [1.165, 1.54) is 11.8 Å². The topological polar surface area (TPSA) is 68.4 Å². The van der Waals surface area contributed by atoms with Crippen molar-refractivity contribution in [3.05, 3.63) is 64.7 Å². The number of amidine groups is 1. The van der Waals surface area contributed by atoms with Gasteiger partial charge >= 0.3 is 0 Å². The van der Waals surface area contributed by atoms with Crippen LogP contribution >= 0.6 is 23.4 Å². The summed E-state index contributed by atoms with van der Waals surface area (Å²) in [6, 6.07) is 15.1. The van der Waals surface area contributed by atoms with Crippen LogP contribution in [-0.2, 0) is 5.60 Å². The van der Waals surface area contributed by atoms with E-state index in [1.54, 1.807) is 18.2 Å². The van der Waals surface area contributed by atoms with Gasteiger partial charge in [0.25, 0.3) is 0 Å². The van der Waals surface area contributed by atoms with Gasteiger partial charge in [-0.1, -0.05) is 66.5 Å². The van der Waals surface area contributed by atoms with E-state index in [9.17, 15) is 5.11 Å². The van der Waals surface area contributed by atoms with Gasteiger partial charge in [-0.15, -0.1) is 0 Å². The second-order valence-corrected chi connectivity index (χ2v) is 7.86. The highest BCUT2D eigenvalue weighted by Crippen LogP contribution is 2.48. The van der Waals surface area contributed by atoms with Crippen LogP contribution in [0.2, 0.25) is 5.02 Å². The first kappa shape index (κ1) is 19.8. The Morgan fingerprint density at radius 2 is 1.96 bits per heavy atom. The molecule has 0 radical (unpaired) electrons. The molecule has 1 aliphatic rings. The highest BCUT2D eigenvalue weighted by Gasteiger charge is 2.43. The molecule has 1 atom stereocenters. The predicted molar refractivity (Wildman–Crippen MR) is 112 cm³/mol. The molecule has 1 saturated carbocycles. The van der Waals surface area contributed by atoms with Gasteiger partial charge in [-0.2, -0.15) is 5.26 Å². The van der Waals surface area contributed by atoms with Crippen molar-refractivity contribution in [2.45, 2.75) is 31.3 Å². The minimum Gasteiger partial charge on any atom is -0.380 e. The lowest BCUT2D eigenvalue weighted by Gasteiger charge is -2.36. The van der Waals surface area contributed by atoms with Crippen molar-refractivity contribution >= 4 is 34.2 Å². The summed E-state index contributed by atoms with van der Waals surface area (Å²) in [6.45, 7) is 0. The molecule has 0 amide bonds. The summed E-state index contributed by atoms with van der Waals surface area (Å²) < 4.78 is 0. The Labute approximate surface area is 169 Å². The first-order chi connectivity index (χ1) is 13.1. The van der Waals surface area contributed by atoms with Crippen LogP contribution in [0.5, 0.6) is 0 Å². The Morgan fingerprint density at radius 1 is 1.26 bits per heavy atom. The molecule has 1 aliphatic carbocycles. The summed E-state index contributed by atoms with van der Waals surface area (Å²) >= 11 is 7.66. The second kappa shape index (κ2) is 8.79. The fourth-order valence-electron chi connectivity index (χ4n) is 3.84. The van der Waals surface area contributed by atoms with Crippen molar-refractivity contribution in [3.8, 4) is 6.19 Å². The molecule has 0 aliphatic heterocycles. The molecule has 1 unspecified atom stereocenters. The Bertz CT molecular complexity index is 859. The molecule has 0 saturated heterocycles. The van der Waals surface area contributed by atoms with E-state index in [0.29, 0.717) is 21.4 Å². The van der Waals surface area contributed by atoms with E-state index >= 15 is 0 Å². The first-order valence-corrected chi connectivity index (χ1v) is 10.6. The summed E-state index contributed by atoms with van der Waals surface area (Å²) in [7, 11) is 0. The van der Waals surface area contributed by atoms with Crippen molar-refractivity contribution in [2.24, 2.45) is 10.9 Å². The number of hydrogen-bond acceptors (Lipinski definition) is 4. The number of nitrogens with one attached hydrogen (secondary N) is 1. The molecule has 2 N–H and O–H groups in total. The Balaban J connectivity index is 2.21. The maximum Gasteiger partial charge on any atom is 0.183 e. The van der Waals surface area contributed by atoms with Gasteiger partial charge in [0.2, 0.25) is 0 Å². The van der Waals surface area contributed by atoms with Crippen molar-refractivity contribution in [1.29, 1.82) is 5.26 Å². The third-order valence-electron chi connectivity index (χ3n) is 5.11. The van der Waals surface area contributed by atoms with E-state index in [2.05, 4.69) is 10.3 Å². The lowest BCUT2D eigenvalue weighted by Crippen LogP contribution is -2.35. The summed E-state index contributed by atoms with van der Waals surface area (Å²) in [5.74, 6) is 0.0916. The quantitative estimate of drug-likeness (QED) is 0.321. The largest absolute Gasteiger partial charge is 0.380 e. The Morgan fingerprint density at radius 3 is 2.59 bits per heavy atom. The number of benzene rings is 2. The van der Waals surface area contributed by atoms with Gasteiger partial charge in [0, 0.05) is 10.6 Å². The number of rotatable bonds is 4. The number of nitrogens with zero attached hydrogens (tertiary/aromatic N) is 2. The zero-order valence-electron chi connectivity index (χ0n) is 15.2. The molecule has 0 aromatic heterocycles. The van der Waals surface area contributed by atoms with Crippen LogP contribution in [-0.4, -0.2) is 16.5 Å². The zero-order valence-corrected chi connectivity index (χ0v) is 16.7. The fraction of sp³-hybridized carbons (Fsp3) is 0.333. The van der Waals surface area contributed by atoms with Crippen LogP contribution in [0.3, 0.4) is 0 Å². The number of thioether (sulfide) groups is 1. The molecule has 1 fully saturated rings. The fourth-order valence-corrected chi connectivity index (χ4v) is 4.35. The molecule has 2 aromatic carbocycles. The molecule has 0 spiro atoms. The molecule has 140 valence electrons. The maximum absolute atomic E-state index is 12.1. The van der Waals surface area contributed by atoms with E-state index in [1.807, 2.05) is 42.8 Å². The van der Waals surface area contributed by atoms with Crippen LogP contribution in [0.1, 0.15) is 36.8 Å². The maximum atomic E-state index is 12.1.